The van der Waals surface area contributed by atoms with E-state index in [2.05, 4.69) is 15.9 Å². The lowest BCUT2D eigenvalue weighted by molar-refractivity contribution is 0.147. The van der Waals surface area contributed by atoms with Gasteiger partial charge < -0.3 is 14.6 Å². The Morgan fingerprint density at radius 3 is 2.52 bits per heavy atom. The van der Waals surface area contributed by atoms with E-state index in [0.29, 0.717) is 5.75 Å². The Morgan fingerprint density at radius 1 is 1.19 bits per heavy atom. The van der Waals surface area contributed by atoms with E-state index in [1.807, 2.05) is 12.1 Å². The summed E-state index contributed by atoms with van der Waals surface area (Å²) in [4.78, 5) is 0. The first kappa shape index (κ1) is 16.6. The van der Waals surface area contributed by atoms with Crippen LogP contribution in [0.3, 0.4) is 0 Å². The molecule has 1 aliphatic rings. The Morgan fingerprint density at radius 2 is 1.90 bits per heavy atom. The second kappa shape index (κ2) is 8.04. The van der Waals surface area contributed by atoms with Crippen LogP contribution in [0.2, 0.25) is 0 Å². The molecule has 1 N–H and O–H groups in total. The highest BCUT2D eigenvalue weighted by Gasteiger charge is 2.21. The fraction of sp³-hybridized carbons (Fsp3) is 0.647. The summed E-state index contributed by atoms with van der Waals surface area (Å²) in [5.74, 6) is 2.17. The first-order valence-corrected chi connectivity index (χ1v) is 8.55. The summed E-state index contributed by atoms with van der Waals surface area (Å²) in [6, 6.07) is 3.76. The summed E-state index contributed by atoms with van der Waals surface area (Å²) < 4.78 is 11.5. The second-order valence-electron chi connectivity index (χ2n) is 5.80. The van der Waals surface area contributed by atoms with Gasteiger partial charge in [-0.25, -0.2) is 0 Å². The molecule has 1 aromatic rings. The van der Waals surface area contributed by atoms with Gasteiger partial charge in [-0.15, -0.1) is 0 Å². The van der Waals surface area contributed by atoms with Crippen molar-refractivity contribution in [1.29, 1.82) is 0 Å². The molecule has 1 fully saturated rings. The van der Waals surface area contributed by atoms with E-state index in [0.717, 1.165) is 34.5 Å². The average Bonchev–Trinajstić information content (AvgIpc) is 2.53. The first-order valence-electron chi connectivity index (χ1n) is 7.75. The van der Waals surface area contributed by atoms with Crippen molar-refractivity contribution in [2.45, 2.75) is 51.0 Å². The van der Waals surface area contributed by atoms with E-state index in [4.69, 9.17) is 9.47 Å². The summed E-state index contributed by atoms with van der Waals surface area (Å²) in [5, 5.41) is 10.5. The van der Waals surface area contributed by atoms with Crippen molar-refractivity contribution in [3.05, 3.63) is 22.2 Å². The van der Waals surface area contributed by atoms with Crippen LogP contribution in [0.5, 0.6) is 11.5 Å². The normalized spacial score (nSPS) is 17.5. The van der Waals surface area contributed by atoms with Gasteiger partial charge >= 0.3 is 0 Å². The molecule has 118 valence electrons. The quantitative estimate of drug-likeness (QED) is 0.790. The van der Waals surface area contributed by atoms with Gasteiger partial charge in [0.2, 0.25) is 0 Å². The van der Waals surface area contributed by atoms with E-state index in [9.17, 15) is 5.11 Å². The first-order chi connectivity index (χ1) is 10.2. The topological polar surface area (TPSA) is 38.7 Å². The molecule has 2 rings (SSSR count). The molecule has 0 aliphatic heterocycles. The largest absolute Gasteiger partial charge is 0.495 e. The van der Waals surface area contributed by atoms with Gasteiger partial charge in [-0.3, -0.25) is 0 Å². The Balaban J connectivity index is 2.04. The number of benzene rings is 1. The molecule has 0 saturated heterocycles. The zero-order chi connectivity index (χ0) is 15.2. The van der Waals surface area contributed by atoms with Gasteiger partial charge in [0.05, 0.1) is 20.3 Å². The fourth-order valence-corrected chi connectivity index (χ4v) is 3.89. The summed E-state index contributed by atoms with van der Waals surface area (Å²) >= 11 is 3.49. The SMILES string of the molecule is COc1ccc(C(O)CCC2CCCCC2)c(OC)c1Br. The van der Waals surface area contributed by atoms with E-state index < -0.39 is 6.10 Å². The van der Waals surface area contributed by atoms with Gasteiger partial charge in [0.15, 0.2) is 0 Å². The number of methoxy groups -OCH3 is 2. The van der Waals surface area contributed by atoms with Crippen LogP contribution in [0.25, 0.3) is 0 Å². The summed E-state index contributed by atoms with van der Waals surface area (Å²) in [6.07, 6.45) is 8.10. The molecule has 0 amide bonds. The van der Waals surface area contributed by atoms with Gasteiger partial charge in [-0.05, 0) is 46.8 Å². The molecular weight excluding hydrogens is 332 g/mol. The minimum atomic E-state index is -0.482. The van der Waals surface area contributed by atoms with Crippen molar-refractivity contribution < 1.29 is 14.6 Å². The molecule has 3 nitrogen and oxygen atoms in total. The van der Waals surface area contributed by atoms with Gasteiger partial charge in [-0.2, -0.15) is 0 Å². The third-order valence-electron chi connectivity index (χ3n) is 4.45. The standard InChI is InChI=1S/C17H25BrO3/c1-20-15-11-9-13(17(21-2)16(15)18)14(19)10-8-12-6-4-3-5-7-12/h9,11-12,14,19H,3-8,10H2,1-2H3. The van der Waals surface area contributed by atoms with Crippen LogP contribution in [-0.4, -0.2) is 19.3 Å². The van der Waals surface area contributed by atoms with Crippen molar-refractivity contribution in [2.75, 3.05) is 14.2 Å². The summed E-state index contributed by atoms with van der Waals surface area (Å²) in [7, 11) is 3.25. The van der Waals surface area contributed by atoms with Crippen molar-refractivity contribution in [3.8, 4) is 11.5 Å². The molecular formula is C17H25BrO3. The van der Waals surface area contributed by atoms with Crippen LogP contribution in [0.4, 0.5) is 0 Å². The maximum atomic E-state index is 10.5. The van der Waals surface area contributed by atoms with E-state index in [-0.39, 0.29) is 0 Å². The Hall–Kier alpha value is -0.740. The van der Waals surface area contributed by atoms with Crippen molar-refractivity contribution >= 4 is 15.9 Å². The Labute approximate surface area is 135 Å². The van der Waals surface area contributed by atoms with E-state index >= 15 is 0 Å². The van der Waals surface area contributed by atoms with Gasteiger partial charge in [-0.1, -0.05) is 32.1 Å². The second-order valence-corrected chi connectivity index (χ2v) is 6.59. The molecule has 1 atom stereocenters. The van der Waals surface area contributed by atoms with Crippen LogP contribution >= 0.6 is 15.9 Å². The molecule has 1 aliphatic carbocycles. The molecule has 0 heterocycles. The minimum Gasteiger partial charge on any atom is -0.495 e. The van der Waals surface area contributed by atoms with Gasteiger partial charge in [0.25, 0.3) is 0 Å². The summed E-state index contributed by atoms with van der Waals surface area (Å²) in [5.41, 5.74) is 0.834. The number of aliphatic hydroxyl groups excluding tert-OH is 1. The Kier molecular flexibility index (Phi) is 6.37. The zero-order valence-corrected chi connectivity index (χ0v) is 14.5. The molecule has 0 bridgehead atoms. The maximum absolute atomic E-state index is 10.5. The zero-order valence-electron chi connectivity index (χ0n) is 12.9. The van der Waals surface area contributed by atoms with E-state index in [1.54, 1.807) is 14.2 Å². The third kappa shape index (κ3) is 4.13. The number of ether oxygens (including phenoxy) is 2. The van der Waals surface area contributed by atoms with Crippen LogP contribution < -0.4 is 9.47 Å². The van der Waals surface area contributed by atoms with Crippen LogP contribution in [0, 0.1) is 5.92 Å². The lowest BCUT2D eigenvalue weighted by Gasteiger charge is -2.23. The number of hydrogen-bond donors (Lipinski definition) is 1. The number of hydrogen-bond acceptors (Lipinski definition) is 3. The molecule has 0 aromatic heterocycles. The van der Waals surface area contributed by atoms with Crippen molar-refractivity contribution in [2.24, 2.45) is 5.92 Å². The maximum Gasteiger partial charge on any atom is 0.142 e. The minimum absolute atomic E-state index is 0.482. The van der Waals surface area contributed by atoms with Crippen molar-refractivity contribution in [1.82, 2.24) is 0 Å². The highest BCUT2D eigenvalue weighted by atomic mass is 79.9. The monoisotopic (exact) mass is 356 g/mol. The smallest absolute Gasteiger partial charge is 0.142 e. The molecule has 21 heavy (non-hydrogen) atoms. The lowest BCUT2D eigenvalue weighted by atomic mass is 9.85. The summed E-state index contributed by atoms with van der Waals surface area (Å²) in [6.45, 7) is 0. The molecule has 0 spiro atoms. The molecule has 1 saturated carbocycles. The Bertz CT molecular complexity index is 456. The van der Waals surface area contributed by atoms with Crippen LogP contribution in [0.1, 0.15) is 56.6 Å². The van der Waals surface area contributed by atoms with Crippen LogP contribution in [-0.2, 0) is 0 Å². The predicted molar refractivity (Wildman–Crippen MR) is 88.0 cm³/mol. The average molecular weight is 357 g/mol. The molecule has 0 radical (unpaired) electrons. The fourth-order valence-electron chi connectivity index (χ4n) is 3.21. The van der Waals surface area contributed by atoms with E-state index in [1.165, 1.54) is 32.1 Å². The number of rotatable bonds is 6. The van der Waals surface area contributed by atoms with Gasteiger partial charge in [0.1, 0.15) is 16.0 Å². The highest BCUT2D eigenvalue weighted by molar-refractivity contribution is 9.10. The third-order valence-corrected chi connectivity index (χ3v) is 5.20. The molecule has 1 aromatic carbocycles. The molecule has 4 heteroatoms. The lowest BCUT2D eigenvalue weighted by Crippen LogP contribution is -2.09. The van der Waals surface area contributed by atoms with Crippen LogP contribution in [0.15, 0.2) is 16.6 Å². The molecule has 1 unspecified atom stereocenters. The number of aliphatic hydroxyl groups is 1. The predicted octanol–water partition coefficient (Wildman–Crippen LogP) is 4.86. The van der Waals surface area contributed by atoms with Gasteiger partial charge in [0, 0.05) is 5.56 Å². The van der Waals surface area contributed by atoms with Crippen molar-refractivity contribution in [3.63, 3.8) is 0 Å². The highest BCUT2D eigenvalue weighted by Crippen LogP contribution is 2.41. The number of halogens is 1.